The Balaban J connectivity index is 2.12. The fourth-order valence-corrected chi connectivity index (χ4v) is 1.63. The van der Waals surface area contributed by atoms with Crippen molar-refractivity contribution in [3.8, 4) is 0 Å². The van der Waals surface area contributed by atoms with E-state index >= 15 is 0 Å². The number of rotatable bonds is 5. The van der Waals surface area contributed by atoms with Crippen LogP contribution in [0.3, 0.4) is 0 Å². The molecule has 106 valence electrons. The molecule has 0 amide bonds. The second-order valence-corrected chi connectivity index (χ2v) is 4.03. The van der Waals surface area contributed by atoms with Crippen molar-refractivity contribution in [2.75, 3.05) is 17.7 Å². The number of pyridine rings is 1. The average Bonchev–Trinajstić information content (AvgIpc) is 2.83. The first kappa shape index (κ1) is 13.8. The van der Waals surface area contributed by atoms with Gasteiger partial charge >= 0.3 is 5.97 Å². The Morgan fingerprint density at radius 2 is 2.30 bits per heavy atom. The van der Waals surface area contributed by atoms with Crippen molar-refractivity contribution >= 4 is 17.5 Å². The molecule has 0 saturated heterocycles. The highest BCUT2D eigenvalue weighted by Crippen LogP contribution is 2.21. The highest BCUT2D eigenvalue weighted by molar-refractivity contribution is 5.97. The number of nitrogens with zero attached hydrogens (tertiary/aromatic N) is 4. The molecule has 0 aromatic carbocycles. The molecule has 0 atom stereocenters. The molecule has 2 heterocycles. The predicted octanol–water partition coefficient (Wildman–Crippen LogP) is 0.581. The number of nitrogens with one attached hydrogen (secondary N) is 1. The van der Waals surface area contributed by atoms with Gasteiger partial charge in [0.2, 0.25) is 0 Å². The number of hydrogen-bond donors (Lipinski definition) is 2. The van der Waals surface area contributed by atoms with Crippen LogP contribution in [0.5, 0.6) is 0 Å². The second kappa shape index (κ2) is 6.00. The van der Waals surface area contributed by atoms with E-state index in [0.29, 0.717) is 30.4 Å². The molecule has 3 N–H and O–H groups in total. The monoisotopic (exact) mass is 276 g/mol. The van der Waals surface area contributed by atoms with Crippen LogP contribution in [-0.4, -0.2) is 32.3 Å². The van der Waals surface area contributed by atoms with Crippen molar-refractivity contribution < 1.29 is 9.53 Å². The second-order valence-electron chi connectivity index (χ2n) is 4.03. The van der Waals surface area contributed by atoms with Crippen molar-refractivity contribution in [2.24, 2.45) is 7.05 Å². The molecule has 0 aliphatic rings. The van der Waals surface area contributed by atoms with Crippen molar-refractivity contribution in [3.63, 3.8) is 0 Å². The third-order valence-corrected chi connectivity index (χ3v) is 2.55. The summed E-state index contributed by atoms with van der Waals surface area (Å²) in [6, 6.07) is 1.53. The van der Waals surface area contributed by atoms with Gasteiger partial charge < -0.3 is 15.8 Å². The molecule has 20 heavy (non-hydrogen) atoms. The van der Waals surface area contributed by atoms with E-state index in [2.05, 4.69) is 20.4 Å². The molecule has 0 aliphatic carbocycles. The third kappa shape index (κ3) is 3.02. The Bertz CT molecular complexity index is 610. The highest BCUT2D eigenvalue weighted by atomic mass is 16.5. The molecule has 8 nitrogen and oxygen atoms in total. The van der Waals surface area contributed by atoms with E-state index < -0.39 is 5.97 Å². The van der Waals surface area contributed by atoms with Gasteiger partial charge in [0.15, 0.2) is 5.82 Å². The number of aryl methyl sites for hydroxylation is 1. The number of ether oxygens (including phenoxy) is 1. The van der Waals surface area contributed by atoms with Gasteiger partial charge in [-0.1, -0.05) is 0 Å². The van der Waals surface area contributed by atoms with Crippen molar-refractivity contribution in [3.05, 3.63) is 30.0 Å². The summed E-state index contributed by atoms with van der Waals surface area (Å²) in [7, 11) is 1.78. The molecule has 2 rings (SSSR count). The van der Waals surface area contributed by atoms with E-state index in [1.165, 1.54) is 12.3 Å². The van der Waals surface area contributed by atoms with Gasteiger partial charge in [-0.05, 0) is 13.0 Å². The SMILES string of the molecule is CCOC(=O)c1ccnc(NCc2ncn(C)n2)c1N. The molecule has 8 heteroatoms. The number of aromatic nitrogens is 4. The molecular weight excluding hydrogens is 260 g/mol. The summed E-state index contributed by atoms with van der Waals surface area (Å²) in [5, 5.41) is 7.12. The zero-order chi connectivity index (χ0) is 14.5. The normalized spacial score (nSPS) is 10.3. The van der Waals surface area contributed by atoms with Crippen molar-refractivity contribution in [2.45, 2.75) is 13.5 Å². The quantitative estimate of drug-likeness (QED) is 0.769. The molecule has 0 radical (unpaired) electrons. The first-order chi connectivity index (χ1) is 9.61. The van der Waals surface area contributed by atoms with Crippen LogP contribution in [-0.2, 0) is 18.3 Å². The number of nitrogen functional groups attached to an aromatic ring is 1. The summed E-state index contributed by atoms with van der Waals surface area (Å²) < 4.78 is 6.53. The third-order valence-electron chi connectivity index (χ3n) is 2.55. The number of carbonyl (C=O) groups excluding carboxylic acids is 1. The van der Waals surface area contributed by atoms with Crippen molar-refractivity contribution in [1.82, 2.24) is 19.7 Å². The average molecular weight is 276 g/mol. The summed E-state index contributed by atoms with van der Waals surface area (Å²) in [5.41, 5.74) is 6.45. The number of nitrogens with two attached hydrogens (primary N) is 1. The lowest BCUT2D eigenvalue weighted by Gasteiger charge is -2.10. The van der Waals surface area contributed by atoms with E-state index in [4.69, 9.17) is 10.5 Å². The largest absolute Gasteiger partial charge is 0.462 e. The molecule has 0 aliphatic heterocycles. The highest BCUT2D eigenvalue weighted by Gasteiger charge is 2.14. The standard InChI is InChI=1S/C12H16N6O2/c1-3-20-12(19)8-4-5-14-11(10(8)13)15-6-9-16-7-18(2)17-9/h4-5,7H,3,6,13H2,1-2H3,(H,14,15). The van der Waals surface area contributed by atoms with Gasteiger partial charge in [0.05, 0.1) is 24.4 Å². The minimum Gasteiger partial charge on any atom is -0.462 e. The summed E-state index contributed by atoms with van der Waals surface area (Å²) in [6.45, 7) is 2.40. The smallest absolute Gasteiger partial charge is 0.340 e. The van der Waals surface area contributed by atoms with Gasteiger partial charge in [-0.3, -0.25) is 4.68 Å². The van der Waals surface area contributed by atoms with Crippen molar-refractivity contribution in [1.29, 1.82) is 0 Å². The van der Waals surface area contributed by atoms with Gasteiger partial charge in [-0.15, -0.1) is 0 Å². The van der Waals surface area contributed by atoms with Crippen LogP contribution in [0, 0.1) is 0 Å². The van der Waals surface area contributed by atoms with Gasteiger partial charge in [0, 0.05) is 13.2 Å². The summed E-state index contributed by atoms with van der Waals surface area (Å²) in [5.74, 6) is 0.546. The number of anilines is 2. The fourth-order valence-electron chi connectivity index (χ4n) is 1.63. The summed E-state index contributed by atoms with van der Waals surface area (Å²) in [4.78, 5) is 19.9. The molecule has 0 unspecified atom stereocenters. The van der Waals surface area contributed by atoms with E-state index in [-0.39, 0.29) is 5.69 Å². The first-order valence-electron chi connectivity index (χ1n) is 6.11. The molecule has 0 fully saturated rings. The van der Waals surface area contributed by atoms with Crippen LogP contribution in [0.15, 0.2) is 18.6 Å². The van der Waals surface area contributed by atoms with E-state index in [0.717, 1.165) is 0 Å². The molecule has 0 bridgehead atoms. The molecule has 0 saturated carbocycles. The lowest BCUT2D eigenvalue weighted by Crippen LogP contribution is -2.12. The zero-order valence-corrected chi connectivity index (χ0v) is 11.3. The van der Waals surface area contributed by atoms with Crippen LogP contribution in [0.4, 0.5) is 11.5 Å². The van der Waals surface area contributed by atoms with Crippen LogP contribution >= 0.6 is 0 Å². The van der Waals surface area contributed by atoms with E-state index in [9.17, 15) is 4.79 Å². The number of esters is 1. The Labute approximate surface area is 116 Å². The number of carbonyl (C=O) groups is 1. The van der Waals surface area contributed by atoms with Crippen LogP contribution in [0.1, 0.15) is 23.1 Å². The van der Waals surface area contributed by atoms with E-state index in [1.807, 2.05) is 0 Å². The van der Waals surface area contributed by atoms with Crippen LogP contribution in [0.2, 0.25) is 0 Å². The predicted molar refractivity (Wildman–Crippen MR) is 72.9 cm³/mol. The molecule has 0 spiro atoms. The minimum atomic E-state index is -0.466. The Kier molecular flexibility index (Phi) is 4.14. The maximum atomic E-state index is 11.7. The maximum absolute atomic E-state index is 11.7. The molecule has 2 aromatic rings. The van der Waals surface area contributed by atoms with Crippen LogP contribution < -0.4 is 11.1 Å². The zero-order valence-electron chi connectivity index (χ0n) is 11.3. The lowest BCUT2D eigenvalue weighted by atomic mass is 10.2. The minimum absolute atomic E-state index is 0.252. The lowest BCUT2D eigenvalue weighted by molar-refractivity contribution is 0.0527. The Hall–Kier alpha value is -2.64. The van der Waals surface area contributed by atoms with Gasteiger partial charge in [0.25, 0.3) is 0 Å². The van der Waals surface area contributed by atoms with Gasteiger partial charge in [-0.2, -0.15) is 5.10 Å². The maximum Gasteiger partial charge on any atom is 0.340 e. The molecule has 2 aromatic heterocycles. The van der Waals surface area contributed by atoms with Gasteiger partial charge in [0.1, 0.15) is 12.1 Å². The Morgan fingerprint density at radius 1 is 1.50 bits per heavy atom. The van der Waals surface area contributed by atoms with Gasteiger partial charge in [-0.25, -0.2) is 14.8 Å². The van der Waals surface area contributed by atoms with Crippen LogP contribution in [0.25, 0.3) is 0 Å². The number of hydrogen-bond acceptors (Lipinski definition) is 7. The topological polar surface area (TPSA) is 108 Å². The summed E-state index contributed by atoms with van der Waals surface area (Å²) in [6.07, 6.45) is 3.10. The molecular formula is C12H16N6O2. The fraction of sp³-hybridized carbons (Fsp3) is 0.333. The summed E-state index contributed by atoms with van der Waals surface area (Å²) >= 11 is 0. The first-order valence-corrected chi connectivity index (χ1v) is 6.11. The van der Waals surface area contributed by atoms with E-state index in [1.54, 1.807) is 25.0 Å². The Morgan fingerprint density at radius 3 is 2.95 bits per heavy atom.